The Kier molecular flexibility index (Phi) is 20.9. The van der Waals surface area contributed by atoms with Gasteiger partial charge in [-0.15, -0.1) is 45.3 Å². The van der Waals surface area contributed by atoms with Gasteiger partial charge in [-0.2, -0.15) is 0 Å². The van der Waals surface area contributed by atoms with Crippen molar-refractivity contribution in [1.29, 1.82) is 0 Å². The van der Waals surface area contributed by atoms with Crippen LogP contribution in [-0.4, -0.2) is 23.1 Å². The molecule has 0 spiro atoms. The lowest BCUT2D eigenvalue weighted by Crippen LogP contribution is -2.36. The van der Waals surface area contributed by atoms with Crippen LogP contribution in [0.25, 0.3) is 30.7 Å². The van der Waals surface area contributed by atoms with E-state index in [1.807, 2.05) is 11.4 Å². The third-order valence-electron chi connectivity index (χ3n) is 17.4. The zero-order chi connectivity index (χ0) is 54.5. The third-order valence-corrected chi connectivity index (χ3v) is 22.6. The molecule has 4 aromatic rings. The lowest BCUT2D eigenvalue weighted by molar-refractivity contribution is 0.0322. The van der Waals surface area contributed by atoms with Crippen molar-refractivity contribution < 1.29 is 18.3 Å². The highest BCUT2D eigenvalue weighted by molar-refractivity contribution is 7.96. The number of hydrogen-bond donors (Lipinski definition) is 0. The fourth-order valence-electron chi connectivity index (χ4n) is 12.5. The summed E-state index contributed by atoms with van der Waals surface area (Å²) in [7, 11) is 1.99. The summed E-state index contributed by atoms with van der Waals surface area (Å²) >= 11 is 7.94. The minimum Gasteiger partial charge on any atom is -0.481 e. The number of hydrogen-bond acceptors (Lipinski definition) is 9. The van der Waals surface area contributed by atoms with Crippen molar-refractivity contribution >= 4 is 74.3 Å². The number of nitrogens with zero attached hydrogens (tertiary/aromatic N) is 2. The Labute approximate surface area is 479 Å². The van der Waals surface area contributed by atoms with Crippen LogP contribution < -0.4 is 9.47 Å². The lowest BCUT2D eigenvalue weighted by atomic mass is 9.78. The number of fused-ring (bicyclic) bond motifs is 7. The molecule has 7 heterocycles. The zero-order valence-corrected chi connectivity index (χ0v) is 52.9. The van der Waals surface area contributed by atoms with Crippen LogP contribution in [0.15, 0.2) is 51.1 Å². The highest BCUT2D eigenvalue weighted by Gasteiger charge is 2.49. The van der Waals surface area contributed by atoms with E-state index in [2.05, 4.69) is 118 Å². The molecule has 11 heteroatoms. The van der Waals surface area contributed by atoms with Gasteiger partial charge in [-0.05, 0) is 134 Å². The zero-order valence-electron chi connectivity index (χ0n) is 48.8. The number of likely N-dealkylation sites (N-methyl/N-ethyl adjacent to an activating group) is 1. The molecule has 1 aliphatic carbocycles. The Balaban J connectivity index is 1.18. The SMILES string of the molecule is CC(C)CCCC(C)CCC1(CCC(C)CCCC(C)C)Oc2ccsc2-c2sc(C3=C(F)C(F)=C(c4cc5c(s4)-c4sccc4OC5(CCC(C)CCCC(C)C)CCC(C)CCCC(C)C)C4C3=NSN4C)cc21. The molecule has 8 rings (SSSR count). The molecule has 4 aliphatic rings. The maximum Gasteiger partial charge on any atom is 0.169 e. The molecule has 5 unspecified atom stereocenters. The van der Waals surface area contributed by atoms with E-state index < -0.39 is 28.9 Å². The Bertz CT molecular complexity index is 2580. The molecule has 4 aromatic heterocycles. The van der Waals surface area contributed by atoms with Crippen LogP contribution in [0.1, 0.15) is 232 Å². The maximum atomic E-state index is 18.0. The van der Waals surface area contributed by atoms with Crippen LogP contribution in [-0.2, 0) is 11.2 Å². The largest absolute Gasteiger partial charge is 0.481 e. The van der Waals surface area contributed by atoms with Gasteiger partial charge in [-0.3, -0.25) is 0 Å². The van der Waals surface area contributed by atoms with Gasteiger partial charge in [0.25, 0.3) is 0 Å². The van der Waals surface area contributed by atoms with Crippen LogP contribution in [0.5, 0.6) is 11.5 Å². The molecule has 0 N–H and O–H groups in total. The number of thiophene rings is 4. The van der Waals surface area contributed by atoms with Crippen molar-refractivity contribution in [3.05, 3.63) is 67.6 Å². The lowest BCUT2D eigenvalue weighted by Gasteiger charge is -2.39. The summed E-state index contributed by atoms with van der Waals surface area (Å²) in [6.07, 6.45) is 22.5. The van der Waals surface area contributed by atoms with Gasteiger partial charge in [0.1, 0.15) is 22.7 Å². The first kappa shape index (κ1) is 59.8. The summed E-state index contributed by atoms with van der Waals surface area (Å²) in [6.45, 7) is 28.2. The summed E-state index contributed by atoms with van der Waals surface area (Å²) in [4.78, 5) is 6.03. The standard InChI is InChI=1S/C65H94F2N2O2S5/c1-40(2)18-14-22-44(9)26-32-64(33-27-45(10)23-15-19-41(3)4)48-38-52(74-60(48)62-50(70-64)30-36-72-62)54-56(66)57(67)55(59-58(54)68-76-69(59)13)53-39-49-61(75-53)63-51(31-37-73-63)71-65(49,34-28-46(11)24-16-20-42(5)6)35-29-47(12)25-17-21-43(7)8/h30-31,36-47,59H,14-29,32-35H2,1-13H3. The summed E-state index contributed by atoms with van der Waals surface area (Å²) in [5, 5.41) is 4.27. The Morgan fingerprint density at radius 2 is 0.895 bits per heavy atom. The highest BCUT2D eigenvalue weighted by Crippen LogP contribution is 2.60. The van der Waals surface area contributed by atoms with E-state index in [9.17, 15) is 0 Å². The second-order valence-corrected chi connectivity index (χ2v) is 30.8. The molecule has 4 nitrogen and oxygen atoms in total. The predicted octanol–water partition coefficient (Wildman–Crippen LogP) is 22.8. The summed E-state index contributed by atoms with van der Waals surface area (Å²) in [5.74, 6) is 5.35. The molecule has 420 valence electrons. The topological polar surface area (TPSA) is 34.1 Å². The first-order valence-corrected chi connectivity index (χ1v) is 34.0. The van der Waals surface area contributed by atoms with Gasteiger partial charge in [-0.1, -0.05) is 160 Å². The van der Waals surface area contributed by atoms with Crippen molar-refractivity contribution in [2.45, 2.75) is 229 Å². The van der Waals surface area contributed by atoms with Gasteiger partial charge in [0, 0.05) is 33.5 Å². The second kappa shape index (κ2) is 26.5. The number of allylic oxidation sites excluding steroid dienone is 2. The fourth-order valence-corrected chi connectivity index (χ4v) is 17.8. The molecule has 5 atom stereocenters. The molecular formula is C65H94F2N2O2S5. The summed E-state index contributed by atoms with van der Waals surface area (Å²) in [5.41, 5.74) is 2.48. The molecular weight excluding hydrogens is 1040 g/mol. The highest BCUT2D eigenvalue weighted by atomic mass is 32.2. The Morgan fingerprint density at radius 3 is 1.29 bits per heavy atom. The van der Waals surface area contributed by atoms with Crippen molar-refractivity contribution in [2.24, 2.45) is 51.7 Å². The van der Waals surface area contributed by atoms with Crippen LogP contribution in [0.3, 0.4) is 0 Å². The van der Waals surface area contributed by atoms with Gasteiger partial charge in [-0.25, -0.2) is 17.5 Å². The maximum absolute atomic E-state index is 18.0. The first-order chi connectivity index (χ1) is 36.3. The van der Waals surface area contributed by atoms with Crippen molar-refractivity contribution in [1.82, 2.24) is 4.31 Å². The number of halogens is 2. The van der Waals surface area contributed by atoms with Gasteiger partial charge in [0.05, 0.1) is 49.0 Å². The molecule has 0 fully saturated rings. The van der Waals surface area contributed by atoms with Gasteiger partial charge >= 0.3 is 0 Å². The fraction of sp³-hybridized carbons (Fsp3) is 0.677. The Hall–Kier alpha value is -2.28. The molecule has 0 aromatic carbocycles. The van der Waals surface area contributed by atoms with Gasteiger partial charge in [0.2, 0.25) is 0 Å². The van der Waals surface area contributed by atoms with E-state index in [4.69, 9.17) is 13.9 Å². The van der Waals surface area contributed by atoms with Crippen molar-refractivity contribution in [3.8, 4) is 31.0 Å². The summed E-state index contributed by atoms with van der Waals surface area (Å²) in [6, 6.07) is 8.14. The molecule has 0 saturated heterocycles. The normalized spacial score (nSPS) is 21.9. The van der Waals surface area contributed by atoms with Crippen LogP contribution in [0, 0.1) is 47.3 Å². The monoisotopic (exact) mass is 1130 g/mol. The molecule has 0 saturated carbocycles. The molecule has 0 bridgehead atoms. The minimum atomic E-state index is -0.800. The van der Waals surface area contributed by atoms with E-state index in [1.54, 1.807) is 45.3 Å². The van der Waals surface area contributed by atoms with Crippen LogP contribution in [0.4, 0.5) is 8.78 Å². The molecule has 0 amide bonds. The molecule has 3 aliphatic heterocycles. The number of rotatable bonds is 30. The first-order valence-electron chi connectivity index (χ1n) is 29.9. The number of ether oxygens (including phenoxy) is 2. The quantitative estimate of drug-likeness (QED) is 0.0487. The second-order valence-electron chi connectivity index (χ2n) is 25.9. The van der Waals surface area contributed by atoms with Crippen molar-refractivity contribution in [2.75, 3.05) is 7.05 Å². The van der Waals surface area contributed by atoms with E-state index in [0.717, 1.165) is 103 Å². The Morgan fingerprint density at radius 1 is 0.513 bits per heavy atom. The predicted molar refractivity (Wildman–Crippen MR) is 331 cm³/mol. The molecule has 76 heavy (non-hydrogen) atoms. The van der Waals surface area contributed by atoms with Crippen LogP contribution in [0.2, 0.25) is 0 Å². The third kappa shape index (κ3) is 13.9. The van der Waals surface area contributed by atoms with Crippen LogP contribution >= 0.6 is 57.5 Å². The summed E-state index contributed by atoms with van der Waals surface area (Å²) < 4.78 is 57.7. The minimum absolute atomic E-state index is 0.302. The van der Waals surface area contributed by atoms with E-state index in [1.165, 1.54) is 89.2 Å². The average molecular weight is 1130 g/mol. The smallest absolute Gasteiger partial charge is 0.169 e. The van der Waals surface area contributed by atoms with E-state index >= 15 is 8.78 Å². The van der Waals surface area contributed by atoms with Gasteiger partial charge < -0.3 is 9.47 Å². The van der Waals surface area contributed by atoms with E-state index in [0.29, 0.717) is 64.2 Å². The van der Waals surface area contributed by atoms with E-state index in [-0.39, 0.29) is 0 Å². The molecule has 0 radical (unpaired) electrons. The average Bonchev–Trinajstić information content (AvgIpc) is 4.30. The van der Waals surface area contributed by atoms with Gasteiger partial charge in [0.15, 0.2) is 11.7 Å². The van der Waals surface area contributed by atoms with Crippen molar-refractivity contribution in [3.63, 3.8) is 0 Å².